The van der Waals surface area contributed by atoms with E-state index in [-0.39, 0.29) is 21.3 Å². The average Bonchev–Trinajstić information content (AvgIpc) is 2.92. The zero-order chi connectivity index (χ0) is 15.2. The van der Waals surface area contributed by atoms with Gasteiger partial charge in [-0.1, -0.05) is 37.5 Å². The number of carbonyl (C=O) groups is 1. The molecule has 114 valence electrons. The van der Waals surface area contributed by atoms with E-state index in [1.807, 2.05) is 0 Å². The molecule has 1 aromatic rings. The molecular weight excluding hydrogens is 300 g/mol. The third-order valence-electron chi connectivity index (χ3n) is 2.73. The summed E-state index contributed by atoms with van der Waals surface area (Å²) in [7, 11) is -0.397. The van der Waals surface area contributed by atoms with E-state index < -0.39 is 9.84 Å². The van der Waals surface area contributed by atoms with Gasteiger partial charge in [-0.3, -0.25) is 4.90 Å². The van der Waals surface area contributed by atoms with Crippen LogP contribution < -0.4 is 10.2 Å². The maximum Gasteiger partial charge on any atom is 0.323 e. The van der Waals surface area contributed by atoms with Crippen LogP contribution in [0.1, 0.15) is 32.6 Å². The lowest BCUT2D eigenvalue weighted by Crippen LogP contribution is -2.34. The van der Waals surface area contributed by atoms with Crippen molar-refractivity contribution >= 4 is 32.3 Å². The third-order valence-corrected chi connectivity index (χ3v) is 5.98. The van der Waals surface area contributed by atoms with Crippen LogP contribution >= 0.6 is 11.3 Å². The smallest absolute Gasteiger partial charge is 0.323 e. The topological polar surface area (TPSA) is 92.3 Å². The van der Waals surface area contributed by atoms with Crippen molar-refractivity contribution in [1.29, 1.82) is 0 Å². The summed E-state index contributed by atoms with van der Waals surface area (Å²) in [5.74, 6) is 0.0747. The molecule has 0 saturated carbocycles. The highest BCUT2D eigenvalue weighted by molar-refractivity contribution is 7.93. The van der Waals surface area contributed by atoms with E-state index in [1.165, 1.54) is 19.0 Å². The van der Waals surface area contributed by atoms with Crippen molar-refractivity contribution in [2.45, 2.75) is 36.9 Å². The standard InChI is InChI=1S/C11H20N4O3S2/c1-4-5-6-7-8-20(17,18)11-14-13-10(19-11)15(3)9(16)12-2/h4-8H2,1-3H3,(H,12,16). The van der Waals surface area contributed by atoms with E-state index in [9.17, 15) is 13.2 Å². The summed E-state index contributed by atoms with van der Waals surface area (Å²) in [5.41, 5.74) is 0. The second-order valence-electron chi connectivity index (χ2n) is 4.34. The molecule has 0 aliphatic carbocycles. The van der Waals surface area contributed by atoms with E-state index in [0.29, 0.717) is 6.42 Å². The molecule has 0 aromatic carbocycles. The quantitative estimate of drug-likeness (QED) is 0.609. The zero-order valence-electron chi connectivity index (χ0n) is 11.9. The predicted molar refractivity (Wildman–Crippen MR) is 79.0 cm³/mol. The summed E-state index contributed by atoms with van der Waals surface area (Å²) in [6.45, 7) is 2.07. The van der Waals surface area contributed by atoms with Gasteiger partial charge in [-0.15, -0.1) is 10.2 Å². The van der Waals surface area contributed by atoms with Gasteiger partial charge in [0.2, 0.25) is 19.3 Å². The average molecular weight is 320 g/mol. The van der Waals surface area contributed by atoms with E-state index >= 15 is 0 Å². The number of carbonyl (C=O) groups excluding carboxylic acids is 1. The molecule has 0 bridgehead atoms. The SMILES string of the molecule is CCCCCCS(=O)(=O)c1nnc(N(C)C(=O)NC)s1. The van der Waals surface area contributed by atoms with Gasteiger partial charge < -0.3 is 5.32 Å². The van der Waals surface area contributed by atoms with Gasteiger partial charge in [-0.25, -0.2) is 13.2 Å². The molecule has 0 aliphatic heterocycles. The number of nitrogens with zero attached hydrogens (tertiary/aromatic N) is 3. The van der Waals surface area contributed by atoms with Crippen molar-refractivity contribution < 1.29 is 13.2 Å². The van der Waals surface area contributed by atoms with Gasteiger partial charge in [-0.05, 0) is 6.42 Å². The van der Waals surface area contributed by atoms with Crippen LogP contribution in [0, 0.1) is 0 Å². The van der Waals surface area contributed by atoms with Gasteiger partial charge in [0.05, 0.1) is 5.75 Å². The fourth-order valence-electron chi connectivity index (χ4n) is 1.52. The molecule has 0 fully saturated rings. The molecule has 9 heteroatoms. The number of amides is 2. The van der Waals surface area contributed by atoms with Crippen LogP contribution in [0.5, 0.6) is 0 Å². The van der Waals surface area contributed by atoms with Gasteiger partial charge in [-0.2, -0.15) is 0 Å². The van der Waals surface area contributed by atoms with Crippen molar-refractivity contribution in [3.63, 3.8) is 0 Å². The summed E-state index contributed by atoms with van der Waals surface area (Å²) in [6, 6.07) is -0.368. The number of urea groups is 1. The molecule has 0 saturated heterocycles. The number of nitrogens with one attached hydrogen (secondary N) is 1. The highest BCUT2D eigenvalue weighted by atomic mass is 32.2. The van der Waals surface area contributed by atoms with E-state index in [0.717, 1.165) is 30.6 Å². The first-order valence-electron chi connectivity index (χ1n) is 6.44. The highest BCUT2D eigenvalue weighted by Crippen LogP contribution is 2.24. The second kappa shape index (κ2) is 7.53. The highest BCUT2D eigenvalue weighted by Gasteiger charge is 2.22. The Morgan fingerprint density at radius 1 is 1.30 bits per heavy atom. The normalized spacial score (nSPS) is 11.3. The Bertz CT molecular complexity index is 542. The number of unbranched alkanes of at least 4 members (excludes halogenated alkanes) is 3. The number of hydrogen-bond donors (Lipinski definition) is 1. The van der Waals surface area contributed by atoms with Crippen LogP contribution in [0.25, 0.3) is 0 Å². The zero-order valence-corrected chi connectivity index (χ0v) is 13.6. The van der Waals surface area contributed by atoms with Crippen molar-refractivity contribution in [3.8, 4) is 0 Å². The lowest BCUT2D eigenvalue weighted by atomic mass is 10.2. The van der Waals surface area contributed by atoms with Crippen molar-refractivity contribution in [1.82, 2.24) is 15.5 Å². The van der Waals surface area contributed by atoms with E-state index in [1.54, 1.807) is 0 Å². The van der Waals surface area contributed by atoms with Gasteiger partial charge in [0.15, 0.2) is 0 Å². The van der Waals surface area contributed by atoms with Gasteiger partial charge in [0.1, 0.15) is 0 Å². The number of sulfone groups is 1. The Balaban J connectivity index is 2.72. The van der Waals surface area contributed by atoms with Crippen LogP contribution in [0.4, 0.5) is 9.93 Å². The molecule has 2 amide bonds. The first-order valence-corrected chi connectivity index (χ1v) is 8.91. The largest absolute Gasteiger partial charge is 0.341 e. The summed E-state index contributed by atoms with van der Waals surface area (Å²) in [6.07, 6.45) is 3.59. The molecule has 0 unspecified atom stereocenters. The first-order chi connectivity index (χ1) is 9.42. The minimum atomic E-state index is -3.40. The van der Waals surface area contributed by atoms with Crippen LogP contribution in [0.3, 0.4) is 0 Å². The lowest BCUT2D eigenvalue weighted by molar-refractivity contribution is 0.249. The van der Waals surface area contributed by atoms with Gasteiger partial charge >= 0.3 is 6.03 Å². The maximum absolute atomic E-state index is 12.1. The Kier molecular flexibility index (Phi) is 6.34. The van der Waals surface area contributed by atoms with Crippen LogP contribution in [0.2, 0.25) is 0 Å². The molecule has 1 heterocycles. The van der Waals surface area contributed by atoms with E-state index in [4.69, 9.17) is 0 Å². The Morgan fingerprint density at radius 3 is 2.60 bits per heavy atom. The fraction of sp³-hybridized carbons (Fsp3) is 0.727. The summed E-state index contributed by atoms with van der Waals surface area (Å²) >= 11 is 0.910. The molecule has 0 aliphatic rings. The molecule has 7 nitrogen and oxygen atoms in total. The third kappa shape index (κ3) is 4.41. The minimum Gasteiger partial charge on any atom is -0.341 e. The maximum atomic E-state index is 12.1. The van der Waals surface area contributed by atoms with Crippen molar-refractivity contribution in [2.24, 2.45) is 0 Å². The van der Waals surface area contributed by atoms with Gasteiger partial charge in [0.25, 0.3) is 0 Å². The second-order valence-corrected chi connectivity index (χ2v) is 7.58. The lowest BCUT2D eigenvalue weighted by Gasteiger charge is -2.11. The Morgan fingerprint density at radius 2 is 2.00 bits per heavy atom. The molecule has 1 N–H and O–H groups in total. The Hall–Kier alpha value is -1.22. The van der Waals surface area contributed by atoms with Crippen LogP contribution in [-0.4, -0.2) is 44.5 Å². The fourth-order valence-corrected chi connectivity index (χ4v) is 3.97. The van der Waals surface area contributed by atoms with Crippen molar-refractivity contribution in [2.75, 3.05) is 24.7 Å². The monoisotopic (exact) mass is 320 g/mol. The summed E-state index contributed by atoms with van der Waals surface area (Å²) in [5, 5.41) is 10.1. The number of hydrogen-bond acceptors (Lipinski definition) is 6. The van der Waals surface area contributed by atoms with Crippen LogP contribution in [-0.2, 0) is 9.84 Å². The molecule has 0 atom stereocenters. The van der Waals surface area contributed by atoms with Gasteiger partial charge in [0, 0.05) is 14.1 Å². The molecule has 0 radical (unpaired) electrons. The summed E-state index contributed by atoms with van der Waals surface area (Å²) < 4.78 is 24.1. The number of aromatic nitrogens is 2. The number of anilines is 1. The van der Waals surface area contributed by atoms with Crippen LogP contribution in [0.15, 0.2) is 4.34 Å². The Labute approximate surface area is 123 Å². The molecule has 0 spiro atoms. The van der Waals surface area contributed by atoms with Crippen molar-refractivity contribution in [3.05, 3.63) is 0 Å². The van der Waals surface area contributed by atoms with E-state index in [2.05, 4.69) is 22.4 Å². The minimum absolute atomic E-state index is 0.0280. The number of rotatable bonds is 7. The molecular formula is C11H20N4O3S2. The first kappa shape index (κ1) is 16.8. The molecule has 1 aromatic heterocycles. The predicted octanol–water partition coefficient (Wildman–Crippen LogP) is 1.67. The summed E-state index contributed by atoms with van der Waals surface area (Å²) in [4.78, 5) is 12.6. The molecule has 20 heavy (non-hydrogen) atoms. The molecule has 1 rings (SSSR count).